The number of esters is 2. The van der Waals surface area contributed by atoms with Gasteiger partial charge in [-0.25, -0.2) is 0 Å². The Morgan fingerprint density at radius 3 is 2.43 bits per heavy atom. The molecule has 1 fully saturated rings. The Balaban J connectivity index is 2.53. The van der Waals surface area contributed by atoms with E-state index in [1.807, 2.05) is 0 Å². The summed E-state index contributed by atoms with van der Waals surface area (Å²) in [5.74, 6) is -0.111. The van der Waals surface area contributed by atoms with Crippen molar-refractivity contribution in [2.24, 2.45) is 17.8 Å². The lowest BCUT2D eigenvalue weighted by Gasteiger charge is -2.16. The summed E-state index contributed by atoms with van der Waals surface area (Å²) in [5.41, 5.74) is 0. The van der Waals surface area contributed by atoms with Gasteiger partial charge in [-0.05, 0) is 24.7 Å². The van der Waals surface area contributed by atoms with E-state index in [2.05, 4.69) is 32.9 Å². The first-order chi connectivity index (χ1) is 10.1. The summed E-state index contributed by atoms with van der Waals surface area (Å²) in [6.07, 6.45) is 12.6. The molecule has 0 bridgehead atoms. The van der Waals surface area contributed by atoms with Gasteiger partial charge in [-0.3, -0.25) is 9.59 Å². The maximum absolute atomic E-state index is 11.8. The zero-order valence-corrected chi connectivity index (χ0v) is 13.8. The van der Waals surface area contributed by atoms with Crippen molar-refractivity contribution < 1.29 is 14.3 Å². The second kappa shape index (κ2) is 9.75. The highest BCUT2D eigenvalue weighted by molar-refractivity contribution is 5.94. The molecule has 0 spiro atoms. The van der Waals surface area contributed by atoms with Gasteiger partial charge in [-0.1, -0.05) is 65.0 Å². The van der Waals surface area contributed by atoms with Crippen LogP contribution >= 0.6 is 0 Å². The number of unbranched alkanes of at least 4 members (excludes halogenated alkanes) is 2. The smallest absolute Gasteiger partial charge is 0.317 e. The predicted molar refractivity (Wildman–Crippen MR) is 84.7 cm³/mol. The largest absolute Gasteiger partial charge is 0.393 e. The first-order valence-electron chi connectivity index (χ1n) is 8.49. The van der Waals surface area contributed by atoms with Crippen molar-refractivity contribution in [1.29, 1.82) is 0 Å². The van der Waals surface area contributed by atoms with Gasteiger partial charge >= 0.3 is 11.9 Å². The van der Waals surface area contributed by atoms with Crippen LogP contribution in [0.5, 0.6) is 0 Å². The van der Waals surface area contributed by atoms with Crippen molar-refractivity contribution >= 4 is 11.9 Å². The Morgan fingerprint density at radius 2 is 1.86 bits per heavy atom. The van der Waals surface area contributed by atoms with Crippen LogP contribution < -0.4 is 0 Å². The van der Waals surface area contributed by atoms with Gasteiger partial charge in [0, 0.05) is 0 Å². The van der Waals surface area contributed by atoms with E-state index < -0.39 is 0 Å². The molecule has 120 valence electrons. The van der Waals surface area contributed by atoms with E-state index in [1.54, 1.807) is 0 Å². The summed E-state index contributed by atoms with van der Waals surface area (Å²) in [6.45, 7) is 6.63. The number of rotatable bonds is 10. The Kier molecular flexibility index (Phi) is 8.33. The van der Waals surface area contributed by atoms with E-state index in [-0.39, 0.29) is 30.2 Å². The fraction of sp³-hybridized carbons (Fsp3) is 0.778. The molecule has 3 atom stereocenters. The van der Waals surface area contributed by atoms with Crippen molar-refractivity contribution in [3.63, 3.8) is 0 Å². The Hall–Kier alpha value is -1.12. The van der Waals surface area contributed by atoms with Crippen molar-refractivity contribution in [3.05, 3.63) is 12.2 Å². The van der Waals surface area contributed by atoms with Crippen LogP contribution in [0.4, 0.5) is 0 Å². The van der Waals surface area contributed by atoms with Gasteiger partial charge in [0.2, 0.25) is 0 Å². The molecule has 3 heteroatoms. The van der Waals surface area contributed by atoms with Gasteiger partial charge in [-0.2, -0.15) is 0 Å². The fourth-order valence-corrected chi connectivity index (χ4v) is 2.85. The molecule has 0 aliphatic carbocycles. The molecule has 1 aliphatic heterocycles. The molecular formula is C18H30O3. The number of hydrogen-bond donors (Lipinski definition) is 0. The Labute approximate surface area is 129 Å². The van der Waals surface area contributed by atoms with Gasteiger partial charge in [-0.15, -0.1) is 0 Å². The first kappa shape index (κ1) is 17.9. The zero-order chi connectivity index (χ0) is 15.7. The third-order valence-corrected chi connectivity index (χ3v) is 4.28. The van der Waals surface area contributed by atoms with Crippen LogP contribution in [0.3, 0.4) is 0 Å². The summed E-state index contributed by atoms with van der Waals surface area (Å²) in [7, 11) is 0. The SMILES string of the molecule is CCCCC(C)CC=CC(CCCC)C1CC(=O)OC1=O. The molecule has 0 radical (unpaired) electrons. The van der Waals surface area contributed by atoms with E-state index in [1.165, 1.54) is 19.3 Å². The summed E-state index contributed by atoms with van der Waals surface area (Å²) in [6, 6.07) is 0. The lowest BCUT2D eigenvalue weighted by atomic mass is 9.86. The van der Waals surface area contributed by atoms with Crippen LogP contribution in [0.1, 0.15) is 72.1 Å². The molecule has 21 heavy (non-hydrogen) atoms. The van der Waals surface area contributed by atoms with E-state index in [4.69, 9.17) is 4.74 Å². The van der Waals surface area contributed by atoms with Gasteiger partial charge in [0.05, 0.1) is 12.3 Å². The number of allylic oxidation sites excluding steroid dienone is 2. The quantitative estimate of drug-likeness (QED) is 0.334. The summed E-state index contributed by atoms with van der Waals surface area (Å²) >= 11 is 0. The lowest BCUT2D eigenvalue weighted by molar-refractivity contribution is -0.153. The molecule has 0 N–H and O–H groups in total. The molecule has 0 aromatic rings. The van der Waals surface area contributed by atoms with E-state index >= 15 is 0 Å². The molecule has 1 saturated heterocycles. The topological polar surface area (TPSA) is 43.4 Å². The van der Waals surface area contributed by atoms with Crippen LogP contribution in [-0.2, 0) is 14.3 Å². The Morgan fingerprint density at radius 1 is 1.19 bits per heavy atom. The Bertz CT molecular complexity index is 359. The van der Waals surface area contributed by atoms with Crippen molar-refractivity contribution in [3.8, 4) is 0 Å². The summed E-state index contributed by atoms with van der Waals surface area (Å²) in [5, 5.41) is 0. The molecule has 0 saturated carbocycles. The standard InChI is InChI=1S/C18H30O3/c1-4-6-9-14(3)10-8-12-15(11-7-5-2)16-13-17(19)21-18(16)20/h8,12,14-16H,4-7,9-11,13H2,1-3H3. The average molecular weight is 294 g/mol. The van der Waals surface area contributed by atoms with Gasteiger partial charge in [0.25, 0.3) is 0 Å². The minimum absolute atomic E-state index is 0.155. The lowest BCUT2D eigenvalue weighted by Crippen LogP contribution is -2.18. The minimum Gasteiger partial charge on any atom is -0.393 e. The first-order valence-corrected chi connectivity index (χ1v) is 8.49. The van der Waals surface area contributed by atoms with Gasteiger partial charge < -0.3 is 4.74 Å². The number of carbonyl (C=O) groups is 2. The van der Waals surface area contributed by atoms with Crippen LogP contribution in [0.15, 0.2) is 12.2 Å². The van der Waals surface area contributed by atoms with Gasteiger partial charge in [0.1, 0.15) is 0 Å². The minimum atomic E-state index is -0.365. The predicted octanol–water partition coefficient (Wildman–Crippen LogP) is 4.66. The normalized spacial score (nSPS) is 21.8. The molecule has 0 aromatic carbocycles. The van der Waals surface area contributed by atoms with Crippen LogP contribution in [0.25, 0.3) is 0 Å². The molecular weight excluding hydrogens is 264 g/mol. The number of carbonyl (C=O) groups excluding carboxylic acids is 2. The molecule has 1 rings (SSSR count). The summed E-state index contributed by atoms with van der Waals surface area (Å²) in [4.78, 5) is 23.0. The third kappa shape index (κ3) is 6.45. The highest BCUT2D eigenvalue weighted by Gasteiger charge is 2.37. The fourth-order valence-electron chi connectivity index (χ4n) is 2.85. The molecule has 1 aliphatic rings. The van der Waals surface area contributed by atoms with E-state index in [0.717, 1.165) is 25.7 Å². The van der Waals surface area contributed by atoms with Crippen LogP contribution in [0.2, 0.25) is 0 Å². The van der Waals surface area contributed by atoms with Crippen molar-refractivity contribution in [1.82, 2.24) is 0 Å². The second-order valence-electron chi connectivity index (χ2n) is 6.32. The van der Waals surface area contributed by atoms with Crippen LogP contribution in [0, 0.1) is 17.8 Å². The zero-order valence-electron chi connectivity index (χ0n) is 13.8. The summed E-state index contributed by atoms with van der Waals surface area (Å²) < 4.78 is 4.70. The third-order valence-electron chi connectivity index (χ3n) is 4.28. The highest BCUT2D eigenvalue weighted by Crippen LogP contribution is 2.29. The molecule has 0 amide bonds. The monoisotopic (exact) mass is 294 g/mol. The number of hydrogen-bond acceptors (Lipinski definition) is 3. The van der Waals surface area contributed by atoms with E-state index in [9.17, 15) is 9.59 Å². The van der Waals surface area contributed by atoms with Crippen LogP contribution in [-0.4, -0.2) is 11.9 Å². The molecule has 0 aromatic heterocycles. The number of ether oxygens (including phenoxy) is 1. The van der Waals surface area contributed by atoms with E-state index in [0.29, 0.717) is 5.92 Å². The molecule has 1 heterocycles. The second-order valence-corrected chi connectivity index (χ2v) is 6.32. The maximum atomic E-state index is 11.8. The number of cyclic esters (lactones) is 2. The average Bonchev–Trinajstić information content (AvgIpc) is 2.79. The molecule has 3 nitrogen and oxygen atoms in total. The van der Waals surface area contributed by atoms with Crippen molar-refractivity contribution in [2.45, 2.75) is 72.1 Å². The van der Waals surface area contributed by atoms with Gasteiger partial charge in [0.15, 0.2) is 0 Å². The van der Waals surface area contributed by atoms with Crippen molar-refractivity contribution in [2.75, 3.05) is 0 Å². The molecule has 3 unspecified atom stereocenters. The maximum Gasteiger partial charge on any atom is 0.317 e. The highest BCUT2D eigenvalue weighted by atomic mass is 16.6.